The number of rotatable bonds is 8. The van der Waals surface area contributed by atoms with Gasteiger partial charge in [0.2, 0.25) is 0 Å². The number of ether oxygens (including phenoxy) is 2. The molecule has 0 aliphatic carbocycles. The number of carbonyl (C=O) groups excluding carboxylic acids is 2. The number of hydrogen-bond donors (Lipinski definition) is 0. The molecule has 5 heteroatoms. The van der Waals surface area contributed by atoms with Gasteiger partial charge in [-0.05, 0) is 71.8 Å². The summed E-state index contributed by atoms with van der Waals surface area (Å²) >= 11 is 0. The third-order valence-electron chi connectivity index (χ3n) is 5.39. The molecule has 174 valence electrons. The van der Waals surface area contributed by atoms with Crippen LogP contribution >= 0.6 is 0 Å². The Morgan fingerprint density at radius 1 is 0.829 bits per heavy atom. The number of fused-ring (bicyclic) bond motifs is 1. The van der Waals surface area contributed by atoms with Crippen LogP contribution in [0.4, 0.5) is 17.1 Å². The largest absolute Gasteiger partial charge is 0.458 e. The number of anilines is 3. The lowest BCUT2D eigenvalue weighted by molar-refractivity contribution is -0.139. The third-order valence-corrected chi connectivity index (χ3v) is 5.39. The lowest BCUT2D eigenvalue weighted by atomic mass is 10.1. The highest BCUT2D eigenvalue weighted by Gasteiger charge is 2.14. The Morgan fingerprint density at radius 3 is 2.06 bits per heavy atom. The first kappa shape index (κ1) is 23.5. The van der Waals surface area contributed by atoms with Gasteiger partial charge in [-0.3, -0.25) is 0 Å². The maximum atomic E-state index is 11.9. The summed E-state index contributed by atoms with van der Waals surface area (Å²) in [5, 5.41) is 2.27. The minimum Gasteiger partial charge on any atom is -0.458 e. The quantitative estimate of drug-likeness (QED) is 0.160. The van der Waals surface area contributed by atoms with Crippen molar-refractivity contribution < 1.29 is 19.1 Å². The summed E-state index contributed by atoms with van der Waals surface area (Å²) in [5.41, 5.74) is 3.99. The van der Waals surface area contributed by atoms with Gasteiger partial charge >= 0.3 is 11.9 Å². The Balaban J connectivity index is 1.69. The Hall–Kier alpha value is -4.64. The van der Waals surface area contributed by atoms with Gasteiger partial charge in [0.25, 0.3) is 0 Å². The smallest absolute Gasteiger partial charge is 0.338 e. The van der Waals surface area contributed by atoms with Gasteiger partial charge in [-0.1, -0.05) is 55.6 Å². The first-order chi connectivity index (χ1) is 16.9. The van der Waals surface area contributed by atoms with Crippen molar-refractivity contribution in [2.24, 2.45) is 0 Å². The van der Waals surface area contributed by atoms with E-state index in [9.17, 15) is 9.59 Å². The van der Waals surface area contributed by atoms with Crippen LogP contribution in [-0.2, 0) is 20.9 Å². The minimum atomic E-state index is -0.461. The molecule has 0 heterocycles. The zero-order chi connectivity index (χ0) is 24.8. The fourth-order valence-corrected chi connectivity index (χ4v) is 3.58. The minimum absolute atomic E-state index is 0.171. The average molecular weight is 464 g/mol. The predicted octanol–water partition coefficient (Wildman–Crippen LogP) is 7.02. The summed E-state index contributed by atoms with van der Waals surface area (Å²) in [6, 6.07) is 29.6. The van der Waals surface area contributed by atoms with Gasteiger partial charge in [0.1, 0.15) is 12.4 Å². The number of benzene rings is 4. The van der Waals surface area contributed by atoms with Crippen LogP contribution < -0.4 is 9.64 Å². The molecule has 0 aromatic heterocycles. The van der Waals surface area contributed by atoms with Crippen LogP contribution in [0.2, 0.25) is 0 Å². The van der Waals surface area contributed by atoms with Crippen molar-refractivity contribution in [1.82, 2.24) is 0 Å². The molecule has 35 heavy (non-hydrogen) atoms. The number of esters is 2. The molecule has 5 nitrogen and oxygen atoms in total. The molecule has 0 aliphatic rings. The predicted molar refractivity (Wildman–Crippen MR) is 139 cm³/mol. The normalized spacial score (nSPS) is 10.4. The molecule has 0 aliphatic heterocycles. The van der Waals surface area contributed by atoms with Gasteiger partial charge in [0, 0.05) is 28.7 Å². The molecule has 0 spiro atoms. The van der Waals surface area contributed by atoms with Gasteiger partial charge < -0.3 is 14.4 Å². The van der Waals surface area contributed by atoms with E-state index in [-0.39, 0.29) is 6.61 Å². The Bertz CT molecular complexity index is 1390. The maximum absolute atomic E-state index is 11.9. The SMILES string of the molecule is C=CC(=O)OCc1ccc(N(c2ccc(OC(=O)C(=C)C)cc2)c2ccc3ccccc3c2)cc1. The van der Waals surface area contributed by atoms with E-state index in [2.05, 4.69) is 48.4 Å². The van der Waals surface area contributed by atoms with Gasteiger partial charge in [-0.15, -0.1) is 0 Å². The van der Waals surface area contributed by atoms with Crippen LogP contribution in [0.15, 0.2) is 116 Å². The van der Waals surface area contributed by atoms with E-state index < -0.39 is 11.9 Å². The summed E-state index contributed by atoms with van der Waals surface area (Å²) < 4.78 is 10.5. The average Bonchev–Trinajstić information content (AvgIpc) is 2.89. The molecule has 0 radical (unpaired) electrons. The second kappa shape index (κ2) is 10.5. The fourth-order valence-electron chi connectivity index (χ4n) is 3.58. The monoisotopic (exact) mass is 463 g/mol. The van der Waals surface area contributed by atoms with E-state index in [1.54, 1.807) is 19.1 Å². The molecule has 0 saturated heterocycles. The van der Waals surface area contributed by atoms with Crippen molar-refractivity contribution in [1.29, 1.82) is 0 Å². The van der Waals surface area contributed by atoms with Crippen LogP contribution in [-0.4, -0.2) is 11.9 Å². The Morgan fingerprint density at radius 2 is 1.43 bits per heavy atom. The molecular formula is C30H25NO4. The third kappa shape index (κ3) is 5.65. The van der Waals surface area contributed by atoms with Crippen molar-refractivity contribution in [3.63, 3.8) is 0 Å². The van der Waals surface area contributed by atoms with E-state index in [1.165, 1.54) is 0 Å². The first-order valence-corrected chi connectivity index (χ1v) is 11.1. The number of carbonyl (C=O) groups is 2. The van der Waals surface area contributed by atoms with Crippen molar-refractivity contribution in [2.75, 3.05) is 4.90 Å². The van der Waals surface area contributed by atoms with Gasteiger partial charge in [-0.2, -0.15) is 0 Å². The zero-order valence-corrected chi connectivity index (χ0v) is 19.4. The standard InChI is InChI=1S/C30H25NO4/c1-4-29(32)34-20-22-9-12-25(13-10-22)31(27-14-11-23-7-5-6-8-24(23)19-27)26-15-17-28(18-16-26)35-30(33)21(2)3/h4-19H,1-2,20H2,3H3. The zero-order valence-electron chi connectivity index (χ0n) is 19.4. The Kier molecular flexibility index (Phi) is 7.07. The van der Waals surface area contributed by atoms with Crippen LogP contribution in [0.25, 0.3) is 10.8 Å². The summed E-state index contributed by atoms with van der Waals surface area (Å²) in [5.74, 6) is -0.476. The second-order valence-electron chi connectivity index (χ2n) is 8.01. The van der Waals surface area contributed by atoms with Crippen LogP contribution in [0.1, 0.15) is 12.5 Å². The summed E-state index contributed by atoms with van der Waals surface area (Å²) in [7, 11) is 0. The second-order valence-corrected chi connectivity index (χ2v) is 8.01. The molecule has 0 atom stereocenters. The molecule has 0 unspecified atom stereocenters. The lowest BCUT2D eigenvalue weighted by Crippen LogP contribution is -2.11. The van der Waals surface area contributed by atoms with E-state index >= 15 is 0 Å². The highest BCUT2D eigenvalue weighted by atomic mass is 16.5. The van der Waals surface area contributed by atoms with Crippen LogP contribution in [0.5, 0.6) is 5.75 Å². The van der Waals surface area contributed by atoms with Crippen molar-refractivity contribution >= 4 is 39.8 Å². The van der Waals surface area contributed by atoms with Gasteiger partial charge in [0.15, 0.2) is 0 Å². The Labute approximate surface area is 204 Å². The maximum Gasteiger partial charge on any atom is 0.338 e. The van der Waals surface area contributed by atoms with Crippen molar-refractivity contribution in [2.45, 2.75) is 13.5 Å². The van der Waals surface area contributed by atoms with E-state index in [4.69, 9.17) is 9.47 Å². The van der Waals surface area contributed by atoms with Gasteiger partial charge in [0.05, 0.1) is 0 Å². The van der Waals surface area contributed by atoms with Crippen LogP contribution in [0, 0.1) is 0 Å². The first-order valence-electron chi connectivity index (χ1n) is 11.1. The van der Waals surface area contributed by atoms with Gasteiger partial charge in [-0.25, -0.2) is 9.59 Å². The summed E-state index contributed by atoms with van der Waals surface area (Å²) in [4.78, 5) is 25.4. The summed E-state index contributed by atoms with van der Waals surface area (Å²) in [6.45, 7) is 8.82. The molecule has 0 bridgehead atoms. The molecule has 4 rings (SSSR count). The topological polar surface area (TPSA) is 55.8 Å². The highest BCUT2D eigenvalue weighted by Crippen LogP contribution is 2.37. The van der Waals surface area contributed by atoms with E-state index in [1.807, 2.05) is 48.5 Å². The van der Waals surface area contributed by atoms with Crippen molar-refractivity contribution in [3.8, 4) is 5.75 Å². The highest BCUT2D eigenvalue weighted by molar-refractivity contribution is 5.90. The molecule has 0 saturated carbocycles. The molecular weight excluding hydrogens is 438 g/mol. The van der Waals surface area contributed by atoms with E-state index in [0.717, 1.165) is 39.5 Å². The number of hydrogen-bond acceptors (Lipinski definition) is 5. The number of nitrogens with zero attached hydrogens (tertiary/aromatic N) is 1. The van der Waals surface area contributed by atoms with Crippen molar-refractivity contribution in [3.05, 3.63) is 121 Å². The molecule has 0 amide bonds. The molecule has 4 aromatic carbocycles. The molecule has 4 aromatic rings. The fraction of sp³-hybridized carbons (Fsp3) is 0.0667. The lowest BCUT2D eigenvalue weighted by Gasteiger charge is -2.26. The molecule has 0 N–H and O–H groups in total. The summed E-state index contributed by atoms with van der Waals surface area (Å²) in [6.07, 6.45) is 1.15. The molecule has 0 fully saturated rings. The van der Waals surface area contributed by atoms with Crippen LogP contribution in [0.3, 0.4) is 0 Å². The van der Waals surface area contributed by atoms with E-state index in [0.29, 0.717) is 11.3 Å².